The Morgan fingerprint density at radius 1 is 1.14 bits per heavy atom. The smallest absolute Gasteiger partial charge is 0.270 e. The van der Waals surface area contributed by atoms with E-state index >= 15 is 0 Å². The summed E-state index contributed by atoms with van der Waals surface area (Å²) in [5.74, 6) is 1.16. The average Bonchev–Trinajstić information content (AvgIpc) is 3.17. The Hall–Kier alpha value is -3.22. The fraction of sp³-hybridized carbons (Fsp3) is 0. The van der Waals surface area contributed by atoms with Crippen molar-refractivity contribution in [1.82, 2.24) is 10.2 Å². The van der Waals surface area contributed by atoms with Gasteiger partial charge in [0.05, 0.1) is 11.2 Å². The molecule has 0 bridgehead atoms. The van der Waals surface area contributed by atoms with Gasteiger partial charge in [-0.3, -0.25) is 10.1 Å². The number of benzene rings is 1. The highest BCUT2D eigenvalue weighted by Gasteiger charge is 2.11. The summed E-state index contributed by atoms with van der Waals surface area (Å²) in [6, 6.07) is 9.57. The van der Waals surface area contributed by atoms with Crippen molar-refractivity contribution >= 4 is 17.8 Å². The molecule has 0 N–H and O–H groups in total. The van der Waals surface area contributed by atoms with Crippen molar-refractivity contribution in [2.45, 2.75) is 0 Å². The maximum Gasteiger partial charge on any atom is 0.270 e. The molecule has 1 aromatic carbocycles. The number of hydrogen-bond acceptors (Lipinski definition) is 6. The molecule has 7 nitrogen and oxygen atoms in total. The summed E-state index contributed by atoms with van der Waals surface area (Å²) < 4.78 is 10.6. The van der Waals surface area contributed by atoms with E-state index in [1.165, 1.54) is 12.1 Å². The van der Waals surface area contributed by atoms with E-state index in [1.54, 1.807) is 42.7 Å². The highest BCUT2D eigenvalue weighted by Crippen LogP contribution is 2.23. The zero-order valence-corrected chi connectivity index (χ0v) is 10.7. The summed E-state index contributed by atoms with van der Waals surface area (Å²) in [6.07, 6.45) is 4.85. The lowest BCUT2D eigenvalue weighted by Crippen LogP contribution is -1.88. The third-order valence-corrected chi connectivity index (χ3v) is 2.68. The second kappa shape index (κ2) is 5.41. The molecule has 3 aromatic rings. The lowest BCUT2D eigenvalue weighted by molar-refractivity contribution is -0.384. The minimum Gasteiger partial charge on any atom is -0.465 e. The van der Waals surface area contributed by atoms with Crippen LogP contribution in [-0.2, 0) is 0 Å². The Bertz CT molecular complexity index is 790. The summed E-state index contributed by atoms with van der Waals surface area (Å²) in [5, 5.41) is 18.5. The molecule has 3 rings (SSSR count). The number of furan rings is 1. The molecule has 0 amide bonds. The van der Waals surface area contributed by atoms with E-state index in [2.05, 4.69) is 10.2 Å². The molecular formula is C14H9N3O4. The molecule has 0 aliphatic carbocycles. The highest BCUT2D eigenvalue weighted by atomic mass is 16.6. The number of hydrogen-bond donors (Lipinski definition) is 0. The fourth-order valence-corrected chi connectivity index (χ4v) is 1.71. The lowest BCUT2D eigenvalue weighted by Gasteiger charge is -1.94. The quantitative estimate of drug-likeness (QED) is 0.537. The maximum absolute atomic E-state index is 10.7. The van der Waals surface area contributed by atoms with Crippen LogP contribution < -0.4 is 0 Å². The number of nitrogens with zero attached hydrogens (tertiary/aromatic N) is 3. The Morgan fingerprint density at radius 3 is 2.81 bits per heavy atom. The van der Waals surface area contributed by atoms with Crippen molar-refractivity contribution in [2.75, 3.05) is 0 Å². The van der Waals surface area contributed by atoms with Crippen molar-refractivity contribution in [3.05, 3.63) is 64.4 Å². The van der Waals surface area contributed by atoms with E-state index in [-0.39, 0.29) is 17.5 Å². The summed E-state index contributed by atoms with van der Waals surface area (Å²) in [6.45, 7) is 0. The first-order valence-electron chi connectivity index (χ1n) is 6.02. The molecule has 2 heterocycles. The number of nitro groups is 1. The van der Waals surface area contributed by atoms with Gasteiger partial charge in [0.15, 0.2) is 0 Å². The highest BCUT2D eigenvalue weighted by molar-refractivity contribution is 5.64. The minimum atomic E-state index is -0.475. The van der Waals surface area contributed by atoms with Gasteiger partial charge in [0.2, 0.25) is 11.8 Å². The largest absolute Gasteiger partial charge is 0.465 e. The van der Waals surface area contributed by atoms with E-state index in [0.29, 0.717) is 11.3 Å². The van der Waals surface area contributed by atoms with Gasteiger partial charge in [0.1, 0.15) is 5.76 Å². The second-order valence-corrected chi connectivity index (χ2v) is 4.10. The number of aromatic nitrogens is 2. The molecule has 0 saturated carbocycles. The predicted octanol–water partition coefficient (Wildman–Crippen LogP) is 3.41. The summed E-state index contributed by atoms with van der Waals surface area (Å²) in [7, 11) is 0. The zero-order valence-electron chi connectivity index (χ0n) is 10.7. The van der Waals surface area contributed by atoms with E-state index in [1.807, 2.05) is 0 Å². The fourth-order valence-electron chi connectivity index (χ4n) is 1.71. The van der Waals surface area contributed by atoms with Gasteiger partial charge < -0.3 is 8.83 Å². The predicted molar refractivity (Wildman–Crippen MR) is 74.0 cm³/mol. The van der Waals surface area contributed by atoms with Gasteiger partial charge in [-0.2, -0.15) is 0 Å². The van der Waals surface area contributed by atoms with Crippen molar-refractivity contribution < 1.29 is 13.8 Å². The van der Waals surface area contributed by atoms with Crippen molar-refractivity contribution in [3.63, 3.8) is 0 Å². The molecule has 0 unspecified atom stereocenters. The van der Waals surface area contributed by atoms with Crippen LogP contribution in [-0.4, -0.2) is 15.1 Å². The second-order valence-electron chi connectivity index (χ2n) is 4.10. The maximum atomic E-state index is 10.7. The number of rotatable bonds is 4. The molecule has 0 spiro atoms. The standard InChI is InChI=1S/C14H9N3O4/c18-17(19)11-4-1-3-10(9-11)14-16-15-13(21-14)7-6-12-5-2-8-20-12/h1-9H/b7-6+. The molecule has 0 radical (unpaired) electrons. The molecule has 21 heavy (non-hydrogen) atoms. The molecule has 104 valence electrons. The van der Waals surface area contributed by atoms with Crippen LogP contribution in [0.3, 0.4) is 0 Å². The molecule has 7 heteroatoms. The van der Waals surface area contributed by atoms with Gasteiger partial charge >= 0.3 is 0 Å². The Balaban J connectivity index is 1.84. The molecule has 0 fully saturated rings. The van der Waals surface area contributed by atoms with Crippen LogP contribution in [0.25, 0.3) is 23.6 Å². The van der Waals surface area contributed by atoms with Crippen LogP contribution in [0.15, 0.2) is 51.5 Å². The lowest BCUT2D eigenvalue weighted by atomic mass is 10.2. The SMILES string of the molecule is O=[N+]([O-])c1cccc(-c2nnc(/C=C/c3ccco3)o2)c1. The van der Waals surface area contributed by atoms with Gasteiger partial charge in [-0.1, -0.05) is 6.07 Å². The van der Waals surface area contributed by atoms with Gasteiger partial charge in [0.25, 0.3) is 5.69 Å². The average molecular weight is 283 g/mol. The first-order chi connectivity index (χ1) is 10.2. The topological polar surface area (TPSA) is 95.2 Å². The molecule has 0 saturated heterocycles. The third kappa shape index (κ3) is 2.86. The van der Waals surface area contributed by atoms with E-state index < -0.39 is 4.92 Å². The van der Waals surface area contributed by atoms with Gasteiger partial charge in [0, 0.05) is 23.8 Å². The summed E-state index contributed by atoms with van der Waals surface area (Å²) in [4.78, 5) is 10.3. The van der Waals surface area contributed by atoms with E-state index in [4.69, 9.17) is 8.83 Å². The van der Waals surface area contributed by atoms with Crippen LogP contribution in [0, 0.1) is 10.1 Å². The van der Waals surface area contributed by atoms with Crippen molar-refractivity contribution in [3.8, 4) is 11.5 Å². The molecule has 0 aliphatic rings. The first-order valence-corrected chi connectivity index (χ1v) is 6.02. The van der Waals surface area contributed by atoms with Crippen molar-refractivity contribution in [2.24, 2.45) is 0 Å². The Morgan fingerprint density at radius 2 is 2.05 bits per heavy atom. The number of nitro benzene ring substituents is 1. The molecular weight excluding hydrogens is 274 g/mol. The Kier molecular flexibility index (Phi) is 3.30. The normalized spacial score (nSPS) is 11.0. The van der Waals surface area contributed by atoms with Crippen LogP contribution in [0.2, 0.25) is 0 Å². The number of non-ortho nitro benzene ring substituents is 1. The molecule has 2 aromatic heterocycles. The monoisotopic (exact) mass is 283 g/mol. The molecule has 0 atom stereocenters. The van der Waals surface area contributed by atoms with Gasteiger partial charge in [-0.05, 0) is 24.3 Å². The summed E-state index contributed by atoms with van der Waals surface area (Å²) >= 11 is 0. The van der Waals surface area contributed by atoms with Crippen LogP contribution in [0.4, 0.5) is 5.69 Å². The van der Waals surface area contributed by atoms with Crippen LogP contribution in [0.1, 0.15) is 11.7 Å². The van der Waals surface area contributed by atoms with E-state index in [0.717, 1.165) is 0 Å². The Labute approximate surface area is 118 Å². The minimum absolute atomic E-state index is 0.0293. The van der Waals surface area contributed by atoms with Gasteiger partial charge in [-0.15, -0.1) is 10.2 Å². The van der Waals surface area contributed by atoms with E-state index in [9.17, 15) is 10.1 Å². The van der Waals surface area contributed by atoms with Crippen LogP contribution in [0.5, 0.6) is 0 Å². The first kappa shape index (κ1) is 12.8. The zero-order chi connectivity index (χ0) is 14.7. The summed E-state index contributed by atoms with van der Waals surface area (Å²) in [5.41, 5.74) is 0.465. The third-order valence-electron chi connectivity index (χ3n) is 2.68. The molecule has 0 aliphatic heterocycles. The van der Waals surface area contributed by atoms with Crippen LogP contribution >= 0.6 is 0 Å². The van der Waals surface area contributed by atoms with Crippen molar-refractivity contribution in [1.29, 1.82) is 0 Å². The van der Waals surface area contributed by atoms with Gasteiger partial charge in [-0.25, -0.2) is 0 Å².